The van der Waals surface area contributed by atoms with E-state index in [1.54, 1.807) is 19.1 Å². The minimum absolute atomic E-state index is 0.0260. The first-order chi connectivity index (χ1) is 14.7. The van der Waals surface area contributed by atoms with Crippen molar-refractivity contribution in [3.63, 3.8) is 0 Å². The molecule has 2 atom stereocenters. The smallest absolute Gasteiger partial charge is 0.262 e. The number of hydrogen-bond donors (Lipinski definition) is 1. The van der Waals surface area contributed by atoms with Gasteiger partial charge in [-0.2, -0.15) is 0 Å². The summed E-state index contributed by atoms with van der Waals surface area (Å²) in [5.74, 6) is -2.67. The Labute approximate surface area is 179 Å². The summed E-state index contributed by atoms with van der Waals surface area (Å²) in [5.41, 5.74) is 0.352. The van der Waals surface area contributed by atoms with E-state index in [1.807, 2.05) is 0 Å². The van der Waals surface area contributed by atoms with Gasteiger partial charge in [0, 0.05) is 6.07 Å². The number of likely N-dealkylation sites (tertiary alicyclic amines) is 1. The molecule has 2 unspecified atom stereocenters. The van der Waals surface area contributed by atoms with E-state index in [2.05, 4.69) is 4.72 Å². The van der Waals surface area contributed by atoms with E-state index in [1.165, 1.54) is 11.0 Å². The predicted octanol–water partition coefficient (Wildman–Crippen LogP) is 3.75. The number of anilines is 1. The van der Waals surface area contributed by atoms with Crippen molar-refractivity contribution in [3.05, 3.63) is 59.2 Å². The van der Waals surface area contributed by atoms with Crippen LogP contribution in [0, 0.1) is 30.4 Å². The van der Waals surface area contributed by atoms with Gasteiger partial charge in [-0.3, -0.25) is 19.2 Å². The summed E-state index contributed by atoms with van der Waals surface area (Å²) in [7, 11) is -4.23. The van der Waals surface area contributed by atoms with E-state index in [4.69, 9.17) is 0 Å². The molecule has 4 rings (SSSR count). The maximum Gasteiger partial charge on any atom is 0.262 e. The Hall–Kier alpha value is -2.81. The number of imide groups is 1. The van der Waals surface area contributed by atoms with E-state index < -0.39 is 27.3 Å². The van der Waals surface area contributed by atoms with Crippen LogP contribution in [0.2, 0.25) is 0 Å². The molecular weight excluding hydrogens is 426 g/mol. The molecule has 1 heterocycles. The van der Waals surface area contributed by atoms with Crippen LogP contribution in [0.4, 0.5) is 14.5 Å². The first-order valence-electron chi connectivity index (χ1n) is 10.1. The quantitative estimate of drug-likeness (QED) is 0.707. The molecule has 1 saturated carbocycles. The van der Waals surface area contributed by atoms with Crippen molar-refractivity contribution < 1.29 is 26.8 Å². The van der Waals surface area contributed by atoms with E-state index >= 15 is 0 Å². The van der Waals surface area contributed by atoms with Gasteiger partial charge in [0.25, 0.3) is 10.0 Å². The molecule has 31 heavy (non-hydrogen) atoms. The lowest BCUT2D eigenvalue weighted by Crippen LogP contribution is -2.30. The topological polar surface area (TPSA) is 83.6 Å². The average Bonchev–Trinajstić information content (AvgIpc) is 2.97. The first kappa shape index (κ1) is 21.4. The van der Waals surface area contributed by atoms with Crippen molar-refractivity contribution in [2.24, 2.45) is 11.8 Å². The van der Waals surface area contributed by atoms with Crippen molar-refractivity contribution in [2.45, 2.75) is 44.0 Å². The number of rotatable bonds is 5. The van der Waals surface area contributed by atoms with Gasteiger partial charge in [-0.05, 0) is 49.1 Å². The van der Waals surface area contributed by atoms with Crippen LogP contribution in [0.5, 0.6) is 0 Å². The second kappa shape index (κ2) is 8.03. The third-order valence-corrected chi connectivity index (χ3v) is 7.50. The van der Waals surface area contributed by atoms with Crippen LogP contribution in [-0.4, -0.2) is 25.1 Å². The lowest BCUT2D eigenvalue weighted by atomic mass is 9.81. The van der Waals surface area contributed by atoms with E-state index in [0.717, 1.165) is 31.0 Å². The summed E-state index contributed by atoms with van der Waals surface area (Å²) >= 11 is 0. The Morgan fingerprint density at radius 1 is 1.00 bits per heavy atom. The highest BCUT2D eigenvalue weighted by atomic mass is 32.2. The van der Waals surface area contributed by atoms with Gasteiger partial charge < -0.3 is 0 Å². The van der Waals surface area contributed by atoms with Gasteiger partial charge >= 0.3 is 0 Å². The molecule has 0 spiro atoms. The van der Waals surface area contributed by atoms with Crippen molar-refractivity contribution in [2.75, 3.05) is 4.72 Å². The van der Waals surface area contributed by atoms with Crippen LogP contribution < -0.4 is 4.72 Å². The number of hydrogen-bond acceptors (Lipinski definition) is 4. The number of carbonyl (C=O) groups is 2. The largest absolute Gasteiger partial charge is 0.278 e. The second-order valence-electron chi connectivity index (χ2n) is 8.09. The molecule has 164 valence electrons. The van der Waals surface area contributed by atoms with Gasteiger partial charge in [-0.15, -0.1) is 0 Å². The number of carbonyl (C=O) groups excluding carboxylic acids is 2. The summed E-state index contributed by atoms with van der Waals surface area (Å²) in [6, 6.07) is 7.05. The molecule has 0 radical (unpaired) electrons. The number of benzene rings is 2. The lowest BCUT2D eigenvalue weighted by Gasteiger charge is -2.19. The van der Waals surface area contributed by atoms with Crippen LogP contribution >= 0.6 is 0 Å². The average molecular weight is 448 g/mol. The fourth-order valence-corrected chi connectivity index (χ4v) is 5.73. The van der Waals surface area contributed by atoms with Crippen LogP contribution in [-0.2, 0) is 26.2 Å². The van der Waals surface area contributed by atoms with Gasteiger partial charge in [0.15, 0.2) is 0 Å². The molecule has 1 aliphatic heterocycles. The number of sulfonamides is 1. The highest BCUT2D eigenvalue weighted by Gasteiger charge is 2.47. The van der Waals surface area contributed by atoms with Crippen molar-refractivity contribution in [3.8, 4) is 0 Å². The maximum atomic E-state index is 13.9. The van der Waals surface area contributed by atoms with Crippen LogP contribution in [0.15, 0.2) is 41.3 Å². The zero-order chi connectivity index (χ0) is 22.3. The molecular formula is C22H22F2N2O4S. The summed E-state index contributed by atoms with van der Waals surface area (Å²) in [5, 5.41) is 0. The van der Waals surface area contributed by atoms with Gasteiger partial charge in [-0.25, -0.2) is 17.2 Å². The van der Waals surface area contributed by atoms with E-state index in [9.17, 15) is 26.8 Å². The first-order valence-corrected chi connectivity index (χ1v) is 11.6. The van der Waals surface area contributed by atoms with Crippen LogP contribution in [0.25, 0.3) is 0 Å². The fraction of sp³-hybridized carbons (Fsp3) is 0.364. The molecule has 2 aliphatic rings. The third-order valence-electron chi connectivity index (χ3n) is 5.99. The normalized spacial score (nSPS) is 21.3. The molecule has 1 saturated heterocycles. The number of nitrogens with one attached hydrogen (secondary N) is 1. The van der Waals surface area contributed by atoms with Gasteiger partial charge in [0.1, 0.15) is 11.6 Å². The summed E-state index contributed by atoms with van der Waals surface area (Å²) in [6.07, 6.45) is 3.23. The highest BCUT2D eigenvalue weighted by molar-refractivity contribution is 7.92. The van der Waals surface area contributed by atoms with E-state index in [0.29, 0.717) is 24.0 Å². The molecule has 2 fully saturated rings. The van der Waals surface area contributed by atoms with Crippen LogP contribution in [0.1, 0.15) is 36.8 Å². The minimum Gasteiger partial charge on any atom is -0.278 e. The molecule has 6 nitrogen and oxygen atoms in total. The zero-order valence-corrected chi connectivity index (χ0v) is 17.7. The number of aryl methyl sites for hydroxylation is 1. The molecule has 1 N–H and O–H groups in total. The zero-order valence-electron chi connectivity index (χ0n) is 16.9. The monoisotopic (exact) mass is 448 g/mol. The molecule has 2 aromatic rings. The standard InChI is InChI=1S/C22H22F2N2O4S/c1-13-6-7-14(12-26-21(27)16-4-2-3-5-17(16)22(26)28)10-20(13)31(29,30)25-19-11-15(23)8-9-18(19)24/h6-11,16-17,25H,2-5,12H2,1H3. The number of nitrogens with zero attached hydrogens (tertiary/aromatic N) is 1. The Bertz CT molecular complexity index is 1140. The molecule has 0 aromatic heterocycles. The second-order valence-corrected chi connectivity index (χ2v) is 9.74. The van der Waals surface area contributed by atoms with Gasteiger partial charge in [0.05, 0.1) is 29.0 Å². The molecule has 2 aromatic carbocycles. The Morgan fingerprint density at radius 2 is 1.65 bits per heavy atom. The lowest BCUT2D eigenvalue weighted by molar-refractivity contribution is -0.140. The SMILES string of the molecule is Cc1ccc(CN2C(=O)C3CCCCC3C2=O)cc1S(=O)(=O)Nc1cc(F)ccc1F. The number of amides is 2. The minimum atomic E-state index is -4.23. The maximum absolute atomic E-state index is 13.9. The fourth-order valence-electron chi connectivity index (χ4n) is 4.38. The molecule has 9 heteroatoms. The third kappa shape index (κ3) is 4.06. The van der Waals surface area contributed by atoms with Crippen molar-refractivity contribution in [1.29, 1.82) is 0 Å². The van der Waals surface area contributed by atoms with Crippen molar-refractivity contribution >= 4 is 27.5 Å². The number of fused-ring (bicyclic) bond motifs is 1. The molecule has 2 amide bonds. The van der Waals surface area contributed by atoms with E-state index in [-0.39, 0.29) is 35.1 Å². The van der Waals surface area contributed by atoms with Crippen molar-refractivity contribution in [1.82, 2.24) is 4.90 Å². The predicted molar refractivity (Wildman–Crippen MR) is 109 cm³/mol. The van der Waals surface area contributed by atoms with Crippen LogP contribution in [0.3, 0.4) is 0 Å². The Kier molecular flexibility index (Phi) is 5.55. The number of halogens is 2. The van der Waals surface area contributed by atoms with Gasteiger partial charge in [-0.1, -0.05) is 25.0 Å². The Morgan fingerprint density at radius 3 is 2.29 bits per heavy atom. The Balaban J connectivity index is 1.60. The van der Waals surface area contributed by atoms with Gasteiger partial charge in [0.2, 0.25) is 11.8 Å². The molecule has 0 bridgehead atoms. The molecule has 1 aliphatic carbocycles. The highest BCUT2D eigenvalue weighted by Crippen LogP contribution is 2.38. The summed E-state index contributed by atoms with van der Waals surface area (Å²) < 4.78 is 55.1. The summed E-state index contributed by atoms with van der Waals surface area (Å²) in [6.45, 7) is 1.54. The summed E-state index contributed by atoms with van der Waals surface area (Å²) in [4.78, 5) is 26.5.